The monoisotopic (exact) mass is 233 g/mol. The van der Waals surface area contributed by atoms with E-state index in [1.165, 1.54) is 44.6 Å². The molecular formula is C14H23N3. The van der Waals surface area contributed by atoms with Gasteiger partial charge in [0.25, 0.3) is 0 Å². The Morgan fingerprint density at radius 3 is 2.82 bits per heavy atom. The third-order valence-corrected chi connectivity index (χ3v) is 3.31. The molecule has 1 aromatic rings. The van der Waals surface area contributed by atoms with E-state index in [-0.39, 0.29) is 0 Å². The van der Waals surface area contributed by atoms with Gasteiger partial charge in [0.2, 0.25) is 0 Å². The van der Waals surface area contributed by atoms with Crippen LogP contribution in [0.15, 0.2) is 24.4 Å². The number of pyridine rings is 1. The van der Waals surface area contributed by atoms with Gasteiger partial charge in [0.1, 0.15) is 0 Å². The fourth-order valence-corrected chi connectivity index (χ4v) is 2.32. The van der Waals surface area contributed by atoms with Gasteiger partial charge in [-0.2, -0.15) is 0 Å². The molecule has 1 aromatic heterocycles. The third-order valence-electron chi connectivity index (χ3n) is 3.31. The smallest absolute Gasteiger partial charge is 0.0416 e. The van der Waals surface area contributed by atoms with Crippen LogP contribution in [0.5, 0.6) is 0 Å². The summed E-state index contributed by atoms with van der Waals surface area (Å²) in [4.78, 5) is 6.88. The maximum Gasteiger partial charge on any atom is 0.0416 e. The summed E-state index contributed by atoms with van der Waals surface area (Å²) in [5, 5.41) is 3.49. The van der Waals surface area contributed by atoms with E-state index in [0.717, 1.165) is 19.5 Å². The zero-order valence-electron chi connectivity index (χ0n) is 10.6. The van der Waals surface area contributed by atoms with E-state index < -0.39 is 0 Å². The summed E-state index contributed by atoms with van der Waals surface area (Å²) in [6.45, 7) is 6.05. The molecule has 1 aliphatic heterocycles. The zero-order chi connectivity index (χ0) is 11.8. The fraction of sp³-hybridized carbons (Fsp3) is 0.643. The number of rotatable bonds is 7. The summed E-state index contributed by atoms with van der Waals surface area (Å²) in [7, 11) is 0. The van der Waals surface area contributed by atoms with Gasteiger partial charge in [-0.15, -0.1) is 0 Å². The molecule has 94 valence electrons. The van der Waals surface area contributed by atoms with Crippen LogP contribution in [-0.2, 0) is 6.42 Å². The van der Waals surface area contributed by atoms with E-state index in [2.05, 4.69) is 27.3 Å². The highest BCUT2D eigenvalue weighted by atomic mass is 15.1. The Bertz CT molecular complexity index is 294. The van der Waals surface area contributed by atoms with Crippen LogP contribution in [0.2, 0.25) is 0 Å². The van der Waals surface area contributed by atoms with Crippen molar-refractivity contribution in [2.45, 2.75) is 25.7 Å². The third kappa shape index (κ3) is 4.84. The Kier molecular flexibility index (Phi) is 5.46. The molecule has 0 radical (unpaired) electrons. The molecule has 0 unspecified atom stereocenters. The van der Waals surface area contributed by atoms with Crippen LogP contribution < -0.4 is 5.32 Å². The molecule has 17 heavy (non-hydrogen) atoms. The Morgan fingerprint density at radius 2 is 2.06 bits per heavy atom. The zero-order valence-corrected chi connectivity index (χ0v) is 10.6. The lowest BCUT2D eigenvalue weighted by atomic mass is 10.2. The Labute approximate surface area is 104 Å². The Morgan fingerprint density at radius 1 is 1.18 bits per heavy atom. The van der Waals surface area contributed by atoms with Crippen molar-refractivity contribution in [2.24, 2.45) is 0 Å². The van der Waals surface area contributed by atoms with Gasteiger partial charge < -0.3 is 10.2 Å². The van der Waals surface area contributed by atoms with Crippen LogP contribution in [0.1, 0.15) is 25.0 Å². The number of aromatic nitrogens is 1. The SMILES string of the molecule is c1ccc(CCNCCCN2CCCC2)nc1. The van der Waals surface area contributed by atoms with E-state index in [4.69, 9.17) is 0 Å². The molecule has 3 heteroatoms. The highest BCUT2D eigenvalue weighted by molar-refractivity contribution is 5.03. The predicted octanol–water partition coefficient (Wildman–Crippen LogP) is 1.70. The lowest BCUT2D eigenvalue weighted by Crippen LogP contribution is -2.25. The molecule has 0 saturated carbocycles. The molecule has 0 aromatic carbocycles. The molecule has 3 nitrogen and oxygen atoms in total. The van der Waals surface area contributed by atoms with Gasteiger partial charge in [-0.25, -0.2) is 0 Å². The normalized spacial score (nSPS) is 16.5. The highest BCUT2D eigenvalue weighted by Gasteiger charge is 2.09. The van der Waals surface area contributed by atoms with E-state index in [1.807, 2.05) is 12.3 Å². The molecule has 1 N–H and O–H groups in total. The van der Waals surface area contributed by atoms with Crippen molar-refractivity contribution in [3.05, 3.63) is 30.1 Å². The van der Waals surface area contributed by atoms with Crippen molar-refractivity contribution in [3.8, 4) is 0 Å². The molecule has 2 heterocycles. The minimum Gasteiger partial charge on any atom is -0.316 e. The second kappa shape index (κ2) is 7.41. The van der Waals surface area contributed by atoms with Crippen molar-refractivity contribution in [1.82, 2.24) is 15.2 Å². The van der Waals surface area contributed by atoms with Gasteiger partial charge in [0, 0.05) is 24.9 Å². The number of hydrogen-bond donors (Lipinski definition) is 1. The molecule has 0 aliphatic carbocycles. The van der Waals surface area contributed by atoms with Crippen LogP contribution in [-0.4, -0.2) is 42.6 Å². The molecule has 1 aliphatic rings. The minimum absolute atomic E-state index is 1.03. The van der Waals surface area contributed by atoms with Crippen LogP contribution >= 0.6 is 0 Å². The molecule has 0 atom stereocenters. The summed E-state index contributed by atoms with van der Waals surface area (Å²) in [6, 6.07) is 6.11. The average Bonchev–Trinajstić information content (AvgIpc) is 2.88. The maximum atomic E-state index is 4.31. The second-order valence-corrected chi connectivity index (χ2v) is 4.72. The average molecular weight is 233 g/mol. The first-order valence-corrected chi connectivity index (χ1v) is 6.78. The first kappa shape index (κ1) is 12.5. The summed E-state index contributed by atoms with van der Waals surface area (Å²) in [6.07, 6.45) is 6.95. The molecule has 1 fully saturated rings. The minimum atomic E-state index is 1.03. The molecule has 0 spiro atoms. The predicted molar refractivity (Wildman–Crippen MR) is 71.1 cm³/mol. The number of hydrogen-bond acceptors (Lipinski definition) is 3. The van der Waals surface area contributed by atoms with Crippen molar-refractivity contribution in [3.63, 3.8) is 0 Å². The second-order valence-electron chi connectivity index (χ2n) is 4.72. The van der Waals surface area contributed by atoms with E-state index in [1.54, 1.807) is 0 Å². The van der Waals surface area contributed by atoms with Crippen LogP contribution in [0, 0.1) is 0 Å². The standard InChI is InChI=1S/C14H23N3/c1-2-9-16-14(6-1)7-10-15-8-5-13-17-11-3-4-12-17/h1-2,6,9,15H,3-5,7-8,10-13H2. The van der Waals surface area contributed by atoms with E-state index in [0.29, 0.717) is 0 Å². The topological polar surface area (TPSA) is 28.2 Å². The number of nitrogens with one attached hydrogen (secondary N) is 1. The van der Waals surface area contributed by atoms with Gasteiger partial charge in [0.15, 0.2) is 0 Å². The van der Waals surface area contributed by atoms with Crippen molar-refractivity contribution < 1.29 is 0 Å². The maximum absolute atomic E-state index is 4.31. The molecular weight excluding hydrogens is 210 g/mol. The van der Waals surface area contributed by atoms with Crippen molar-refractivity contribution in [2.75, 3.05) is 32.7 Å². The summed E-state index contributed by atoms with van der Waals surface area (Å²) in [5.74, 6) is 0. The van der Waals surface area contributed by atoms with Crippen LogP contribution in [0.3, 0.4) is 0 Å². The van der Waals surface area contributed by atoms with E-state index >= 15 is 0 Å². The molecule has 1 saturated heterocycles. The lowest BCUT2D eigenvalue weighted by Gasteiger charge is -2.14. The summed E-state index contributed by atoms with van der Waals surface area (Å²) < 4.78 is 0. The first-order chi connectivity index (χ1) is 8.45. The quantitative estimate of drug-likeness (QED) is 0.727. The van der Waals surface area contributed by atoms with Crippen molar-refractivity contribution in [1.29, 1.82) is 0 Å². The molecule has 0 bridgehead atoms. The fourth-order valence-electron chi connectivity index (χ4n) is 2.32. The summed E-state index contributed by atoms with van der Waals surface area (Å²) in [5.41, 5.74) is 1.18. The highest BCUT2D eigenvalue weighted by Crippen LogP contribution is 2.06. The van der Waals surface area contributed by atoms with Gasteiger partial charge >= 0.3 is 0 Å². The first-order valence-electron chi connectivity index (χ1n) is 6.78. The van der Waals surface area contributed by atoms with Crippen LogP contribution in [0.4, 0.5) is 0 Å². The van der Waals surface area contributed by atoms with Crippen molar-refractivity contribution >= 4 is 0 Å². The summed E-state index contributed by atoms with van der Waals surface area (Å²) >= 11 is 0. The Hall–Kier alpha value is -0.930. The van der Waals surface area contributed by atoms with Gasteiger partial charge in [-0.1, -0.05) is 6.07 Å². The van der Waals surface area contributed by atoms with Gasteiger partial charge in [-0.05, 0) is 57.6 Å². The van der Waals surface area contributed by atoms with E-state index in [9.17, 15) is 0 Å². The van der Waals surface area contributed by atoms with Crippen LogP contribution in [0.25, 0.3) is 0 Å². The lowest BCUT2D eigenvalue weighted by molar-refractivity contribution is 0.331. The molecule has 2 rings (SSSR count). The number of nitrogens with zero attached hydrogens (tertiary/aromatic N) is 2. The number of likely N-dealkylation sites (tertiary alicyclic amines) is 1. The Balaban J connectivity index is 1.46. The van der Waals surface area contributed by atoms with Gasteiger partial charge in [0.05, 0.1) is 0 Å². The largest absolute Gasteiger partial charge is 0.316 e. The molecule has 0 amide bonds. The van der Waals surface area contributed by atoms with Gasteiger partial charge in [-0.3, -0.25) is 4.98 Å².